The van der Waals surface area contributed by atoms with Crippen molar-refractivity contribution in [3.63, 3.8) is 0 Å². The minimum Gasteiger partial charge on any atom is -0.490 e. The highest BCUT2D eigenvalue weighted by Crippen LogP contribution is 2.35. The lowest BCUT2D eigenvalue weighted by Gasteiger charge is -1.98. The molecule has 1 fully saturated rings. The highest BCUT2D eigenvalue weighted by molar-refractivity contribution is 5.94. The zero-order chi connectivity index (χ0) is 10.1. The smallest absolute Gasteiger partial charge is 0.183 e. The van der Waals surface area contributed by atoms with Gasteiger partial charge in [0.2, 0.25) is 0 Å². The molecule has 1 aromatic heterocycles. The van der Waals surface area contributed by atoms with Crippen molar-refractivity contribution in [2.24, 2.45) is 0 Å². The summed E-state index contributed by atoms with van der Waals surface area (Å²) in [6, 6.07) is 0.488. The van der Waals surface area contributed by atoms with Crippen LogP contribution < -0.4 is 4.74 Å². The van der Waals surface area contributed by atoms with Gasteiger partial charge >= 0.3 is 0 Å². The average molecular weight is 194 g/mol. The van der Waals surface area contributed by atoms with E-state index >= 15 is 0 Å². The molecule has 2 rings (SSSR count). The van der Waals surface area contributed by atoms with Crippen LogP contribution in [0.15, 0.2) is 6.20 Å². The highest BCUT2D eigenvalue weighted by Gasteiger charge is 2.27. The fraction of sp³-hybridized carbons (Fsp3) is 0.600. The lowest BCUT2D eigenvalue weighted by molar-refractivity contribution is 0.100. The van der Waals surface area contributed by atoms with Crippen molar-refractivity contribution in [2.45, 2.75) is 32.7 Å². The van der Waals surface area contributed by atoms with Gasteiger partial charge in [-0.2, -0.15) is 5.10 Å². The molecule has 0 radical (unpaired) electrons. The van der Waals surface area contributed by atoms with Gasteiger partial charge < -0.3 is 4.74 Å². The Bertz CT molecular complexity index is 353. The van der Waals surface area contributed by atoms with Crippen LogP contribution in [0.1, 0.15) is 43.2 Å². The van der Waals surface area contributed by atoms with E-state index in [4.69, 9.17) is 4.74 Å². The van der Waals surface area contributed by atoms with Crippen molar-refractivity contribution >= 4 is 5.78 Å². The van der Waals surface area contributed by atoms with Crippen LogP contribution in [-0.2, 0) is 0 Å². The Morgan fingerprint density at radius 2 is 2.43 bits per heavy atom. The SMILES string of the molecule is CCOc1cn(C2CC2)nc1C(C)=O. The molecule has 1 aliphatic carbocycles. The first kappa shape index (κ1) is 9.24. The number of hydrogen-bond acceptors (Lipinski definition) is 3. The summed E-state index contributed by atoms with van der Waals surface area (Å²) < 4.78 is 7.20. The fourth-order valence-corrected chi connectivity index (χ4v) is 1.41. The van der Waals surface area contributed by atoms with E-state index in [-0.39, 0.29) is 5.78 Å². The van der Waals surface area contributed by atoms with Crippen LogP contribution in [0.2, 0.25) is 0 Å². The van der Waals surface area contributed by atoms with E-state index in [2.05, 4.69) is 5.10 Å². The van der Waals surface area contributed by atoms with Crippen LogP contribution in [-0.4, -0.2) is 22.2 Å². The maximum absolute atomic E-state index is 11.2. The molecule has 0 amide bonds. The van der Waals surface area contributed by atoms with Gasteiger partial charge in [0.1, 0.15) is 0 Å². The van der Waals surface area contributed by atoms with Gasteiger partial charge in [0.15, 0.2) is 17.2 Å². The summed E-state index contributed by atoms with van der Waals surface area (Å²) in [6.07, 6.45) is 4.15. The van der Waals surface area contributed by atoms with E-state index < -0.39 is 0 Å². The molecular formula is C10H14N2O2. The summed E-state index contributed by atoms with van der Waals surface area (Å²) >= 11 is 0. The van der Waals surface area contributed by atoms with E-state index in [1.54, 1.807) is 0 Å². The van der Waals surface area contributed by atoms with Crippen molar-refractivity contribution in [1.29, 1.82) is 0 Å². The minimum absolute atomic E-state index is 0.0344. The van der Waals surface area contributed by atoms with Crippen molar-refractivity contribution < 1.29 is 9.53 Å². The summed E-state index contributed by atoms with van der Waals surface area (Å²) in [6.45, 7) is 3.98. The summed E-state index contributed by atoms with van der Waals surface area (Å²) in [5.41, 5.74) is 0.457. The monoisotopic (exact) mass is 194 g/mol. The molecule has 1 aromatic rings. The van der Waals surface area contributed by atoms with Crippen LogP contribution in [0.25, 0.3) is 0 Å². The van der Waals surface area contributed by atoms with E-state index in [1.165, 1.54) is 6.92 Å². The molecule has 4 heteroatoms. The number of rotatable bonds is 4. The Kier molecular flexibility index (Phi) is 2.27. The predicted molar refractivity (Wildman–Crippen MR) is 51.7 cm³/mol. The summed E-state index contributed by atoms with van der Waals surface area (Å²) in [5, 5.41) is 4.23. The quantitative estimate of drug-likeness (QED) is 0.687. The standard InChI is InChI=1S/C10H14N2O2/c1-3-14-9-6-12(8-4-5-8)11-10(9)7(2)13/h6,8H,3-5H2,1-2H3. The molecule has 76 valence electrons. The van der Waals surface area contributed by atoms with Crippen molar-refractivity contribution in [3.8, 4) is 5.75 Å². The Morgan fingerprint density at radius 1 is 1.71 bits per heavy atom. The molecular weight excluding hydrogens is 180 g/mol. The van der Waals surface area contributed by atoms with Gasteiger partial charge in [0.05, 0.1) is 18.8 Å². The molecule has 4 nitrogen and oxygen atoms in total. The third kappa shape index (κ3) is 1.64. The Balaban J connectivity index is 2.29. The van der Waals surface area contributed by atoms with Crippen LogP contribution in [0.3, 0.4) is 0 Å². The zero-order valence-electron chi connectivity index (χ0n) is 8.49. The fourth-order valence-electron chi connectivity index (χ4n) is 1.41. The van der Waals surface area contributed by atoms with Crippen LogP contribution in [0, 0.1) is 0 Å². The molecule has 1 heterocycles. The van der Waals surface area contributed by atoms with E-state index in [0.29, 0.717) is 24.1 Å². The highest BCUT2D eigenvalue weighted by atomic mass is 16.5. The lowest BCUT2D eigenvalue weighted by Crippen LogP contribution is -2.00. The third-order valence-electron chi connectivity index (χ3n) is 2.25. The first-order valence-corrected chi connectivity index (χ1v) is 4.95. The molecule has 0 aliphatic heterocycles. The number of Topliss-reactive ketones (excluding diaryl/α,β-unsaturated/α-hetero) is 1. The van der Waals surface area contributed by atoms with E-state index in [1.807, 2.05) is 17.8 Å². The van der Waals surface area contributed by atoms with E-state index in [9.17, 15) is 4.79 Å². The molecule has 0 atom stereocenters. The van der Waals surface area contributed by atoms with Crippen molar-refractivity contribution in [3.05, 3.63) is 11.9 Å². The summed E-state index contributed by atoms with van der Waals surface area (Å²) in [7, 11) is 0. The molecule has 14 heavy (non-hydrogen) atoms. The van der Waals surface area contributed by atoms with Gasteiger partial charge in [0.25, 0.3) is 0 Å². The topological polar surface area (TPSA) is 44.1 Å². The van der Waals surface area contributed by atoms with Gasteiger partial charge in [-0.05, 0) is 19.8 Å². The maximum atomic E-state index is 11.2. The Hall–Kier alpha value is -1.32. The van der Waals surface area contributed by atoms with Gasteiger partial charge in [-0.15, -0.1) is 0 Å². The molecule has 0 N–H and O–H groups in total. The van der Waals surface area contributed by atoms with Gasteiger partial charge in [0, 0.05) is 6.92 Å². The number of ketones is 1. The Labute approximate surface area is 82.9 Å². The number of nitrogens with zero attached hydrogens (tertiary/aromatic N) is 2. The normalized spacial score (nSPS) is 15.6. The number of carbonyl (C=O) groups is 1. The maximum Gasteiger partial charge on any atom is 0.183 e. The number of ether oxygens (including phenoxy) is 1. The van der Waals surface area contributed by atoms with Crippen LogP contribution >= 0.6 is 0 Å². The van der Waals surface area contributed by atoms with Gasteiger partial charge in [-0.3, -0.25) is 9.48 Å². The third-order valence-corrected chi connectivity index (χ3v) is 2.25. The summed E-state index contributed by atoms with van der Waals surface area (Å²) in [5.74, 6) is 0.583. The molecule has 0 bridgehead atoms. The van der Waals surface area contributed by atoms with E-state index in [0.717, 1.165) is 12.8 Å². The second-order valence-electron chi connectivity index (χ2n) is 3.54. The molecule has 0 aromatic carbocycles. The first-order valence-electron chi connectivity index (χ1n) is 4.95. The number of hydrogen-bond donors (Lipinski definition) is 0. The largest absolute Gasteiger partial charge is 0.490 e. The average Bonchev–Trinajstić information content (AvgIpc) is 2.89. The Morgan fingerprint density at radius 3 is 2.93 bits per heavy atom. The molecule has 0 unspecified atom stereocenters. The van der Waals surface area contributed by atoms with Gasteiger partial charge in [-0.1, -0.05) is 0 Å². The second kappa shape index (κ2) is 3.44. The first-order chi connectivity index (χ1) is 6.72. The lowest BCUT2D eigenvalue weighted by atomic mass is 10.3. The second-order valence-corrected chi connectivity index (χ2v) is 3.54. The number of carbonyl (C=O) groups excluding carboxylic acids is 1. The van der Waals surface area contributed by atoms with Crippen LogP contribution in [0.4, 0.5) is 0 Å². The zero-order valence-corrected chi connectivity index (χ0v) is 8.49. The van der Waals surface area contributed by atoms with Crippen LogP contribution in [0.5, 0.6) is 5.75 Å². The molecule has 1 saturated carbocycles. The van der Waals surface area contributed by atoms with Crippen molar-refractivity contribution in [2.75, 3.05) is 6.61 Å². The molecule has 0 spiro atoms. The van der Waals surface area contributed by atoms with Crippen molar-refractivity contribution in [1.82, 2.24) is 9.78 Å². The summed E-state index contributed by atoms with van der Waals surface area (Å²) in [4.78, 5) is 11.2. The molecule has 0 saturated heterocycles. The minimum atomic E-state index is -0.0344. The molecule has 1 aliphatic rings. The predicted octanol–water partition coefficient (Wildman–Crippen LogP) is 1.82. The number of aromatic nitrogens is 2. The van der Waals surface area contributed by atoms with Gasteiger partial charge in [-0.25, -0.2) is 0 Å².